The third-order valence-corrected chi connectivity index (χ3v) is 3.25. The number of benzene rings is 1. The second-order valence-corrected chi connectivity index (χ2v) is 5.49. The topological polar surface area (TPSA) is 67.4 Å². The fraction of sp³-hybridized carbons (Fsp3) is 0.500. The molecule has 0 fully saturated rings. The maximum Gasteiger partial charge on any atom is 0.322 e. The Labute approximate surface area is 126 Å². The summed E-state index contributed by atoms with van der Waals surface area (Å²) in [5.41, 5.74) is 1.87. The Morgan fingerprint density at radius 3 is 2.14 bits per heavy atom. The highest BCUT2D eigenvalue weighted by Crippen LogP contribution is 2.11. The van der Waals surface area contributed by atoms with Crippen molar-refractivity contribution in [2.24, 2.45) is 5.92 Å². The summed E-state index contributed by atoms with van der Waals surface area (Å²) in [6.45, 7) is 7.52. The molecule has 0 saturated heterocycles. The van der Waals surface area contributed by atoms with Gasteiger partial charge in [0.05, 0.1) is 13.2 Å². The van der Waals surface area contributed by atoms with Gasteiger partial charge < -0.3 is 10.1 Å². The van der Waals surface area contributed by atoms with Crippen molar-refractivity contribution in [2.75, 3.05) is 12.4 Å². The molecule has 0 unspecified atom stereocenters. The minimum atomic E-state index is -0.536. The molecule has 21 heavy (non-hydrogen) atoms. The van der Waals surface area contributed by atoms with Crippen molar-refractivity contribution in [1.29, 1.82) is 0 Å². The molecule has 0 aliphatic carbocycles. The van der Waals surface area contributed by atoms with Crippen LogP contribution in [0.15, 0.2) is 24.3 Å². The number of aryl methyl sites for hydroxylation is 1. The maximum atomic E-state index is 12.4. The van der Waals surface area contributed by atoms with Gasteiger partial charge in [-0.2, -0.15) is 0 Å². The van der Waals surface area contributed by atoms with E-state index in [9.17, 15) is 9.59 Å². The number of methoxy groups -OCH3 is 1. The first kappa shape index (κ1) is 17.2. The zero-order chi connectivity index (χ0) is 16.0. The summed E-state index contributed by atoms with van der Waals surface area (Å²) in [6.07, 6.45) is 0. The molecule has 0 heterocycles. The smallest absolute Gasteiger partial charge is 0.322 e. The number of hydrogen-bond donors (Lipinski definition) is 2. The van der Waals surface area contributed by atoms with E-state index in [0.29, 0.717) is 0 Å². The molecular weight excluding hydrogens is 268 g/mol. The van der Waals surface area contributed by atoms with E-state index in [2.05, 4.69) is 15.4 Å². The van der Waals surface area contributed by atoms with Crippen LogP contribution in [0.3, 0.4) is 0 Å². The van der Waals surface area contributed by atoms with Crippen molar-refractivity contribution >= 4 is 17.6 Å². The zero-order valence-corrected chi connectivity index (χ0v) is 13.3. The Morgan fingerprint density at radius 1 is 1.10 bits per heavy atom. The molecule has 0 aliphatic heterocycles. The molecule has 0 spiro atoms. The van der Waals surface area contributed by atoms with Crippen molar-refractivity contribution < 1.29 is 14.3 Å². The van der Waals surface area contributed by atoms with Crippen LogP contribution in [0.2, 0.25) is 0 Å². The molecule has 0 bridgehead atoms. The van der Waals surface area contributed by atoms with Gasteiger partial charge in [0.15, 0.2) is 0 Å². The van der Waals surface area contributed by atoms with Gasteiger partial charge in [0.1, 0.15) is 6.04 Å². The van der Waals surface area contributed by atoms with Crippen LogP contribution in [-0.4, -0.2) is 31.1 Å². The number of rotatable bonds is 6. The molecule has 5 nitrogen and oxygen atoms in total. The van der Waals surface area contributed by atoms with Gasteiger partial charge in [-0.25, -0.2) is 0 Å². The quantitative estimate of drug-likeness (QED) is 0.788. The number of amides is 1. The monoisotopic (exact) mass is 292 g/mol. The highest BCUT2D eigenvalue weighted by atomic mass is 16.5. The second-order valence-electron chi connectivity index (χ2n) is 5.49. The van der Waals surface area contributed by atoms with E-state index >= 15 is 0 Å². The van der Waals surface area contributed by atoms with Gasteiger partial charge in [-0.3, -0.25) is 14.9 Å². The normalized spacial score (nSPS) is 13.6. The summed E-state index contributed by atoms with van der Waals surface area (Å²) in [7, 11) is 1.33. The van der Waals surface area contributed by atoms with Crippen molar-refractivity contribution in [3.63, 3.8) is 0 Å². The lowest BCUT2D eigenvalue weighted by atomic mass is 10.0. The van der Waals surface area contributed by atoms with Gasteiger partial charge in [-0.15, -0.1) is 0 Å². The standard InChI is InChI=1S/C16H24N2O3/c1-10(2)14(17-12(4)16(20)21-5)15(19)18-13-8-6-11(3)7-9-13/h6-10,12,14,17H,1-5H3,(H,18,19)/t12-,14-/m0/s1. The third kappa shape index (κ3) is 5.19. The van der Waals surface area contributed by atoms with E-state index < -0.39 is 12.1 Å². The van der Waals surface area contributed by atoms with Crippen LogP contribution in [0, 0.1) is 12.8 Å². The molecule has 1 aromatic carbocycles. The van der Waals surface area contributed by atoms with Gasteiger partial charge >= 0.3 is 5.97 Å². The fourth-order valence-electron chi connectivity index (χ4n) is 1.94. The Morgan fingerprint density at radius 2 is 1.67 bits per heavy atom. The number of carbonyl (C=O) groups excluding carboxylic acids is 2. The third-order valence-electron chi connectivity index (χ3n) is 3.25. The van der Waals surface area contributed by atoms with Crippen LogP contribution in [0.25, 0.3) is 0 Å². The number of nitrogens with one attached hydrogen (secondary N) is 2. The average Bonchev–Trinajstić information content (AvgIpc) is 2.45. The SMILES string of the molecule is COC(=O)[C@H](C)N[C@H](C(=O)Nc1ccc(C)cc1)C(C)C. The molecule has 1 amide bonds. The minimum absolute atomic E-state index is 0.0440. The van der Waals surface area contributed by atoms with E-state index in [-0.39, 0.29) is 17.8 Å². The highest BCUT2D eigenvalue weighted by molar-refractivity contribution is 5.95. The molecule has 0 aromatic heterocycles. The largest absolute Gasteiger partial charge is 0.468 e. The van der Waals surface area contributed by atoms with Gasteiger partial charge in [-0.1, -0.05) is 31.5 Å². The number of anilines is 1. The van der Waals surface area contributed by atoms with Crippen LogP contribution in [-0.2, 0) is 14.3 Å². The molecule has 116 valence electrons. The van der Waals surface area contributed by atoms with Crippen molar-refractivity contribution in [1.82, 2.24) is 5.32 Å². The summed E-state index contributed by atoms with van der Waals surface area (Å²) in [4.78, 5) is 23.8. The molecule has 2 N–H and O–H groups in total. The zero-order valence-electron chi connectivity index (χ0n) is 13.3. The first-order valence-electron chi connectivity index (χ1n) is 7.06. The lowest BCUT2D eigenvalue weighted by Gasteiger charge is -2.24. The minimum Gasteiger partial charge on any atom is -0.468 e. The maximum absolute atomic E-state index is 12.4. The highest BCUT2D eigenvalue weighted by Gasteiger charge is 2.26. The van der Waals surface area contributed by atoms with Crippen molar-refractivity contribution in [3.05, 3.63) is 29.8 Å². The first-order valence-corrected chi connectivity index (χ1v) is 7.06. The average molecular weight is 292 g/mol. The Bertz CT molecular complexity index is 483. The van der Waals surface area contributed by atoms with E-state index in [0.717, 1.165) is 11.3 Å². The lowest BCUT2D eigenvalue weighted by molar-refractivity contribution is -0.143. The molecule has 0 aliphatic rings. The van der Waals surface area contributed by atoms with Crippen LogP contribution >= 0.6 is 0 Å². The van der Waals surface area contributed by atoms with Crippen molar-refractivity contribution in [3.8, 4) is 0 Å². The van der Waals surface area contributed by atoms with Crippen molar-refractivity contribution in [2.45, 2.75) is 39.8 Å². The van der Waals surface area contributed by atoms with Gasteiger partial charge in [0.2, 0.25) is 5.91 Å². The van der Waals surface area contributed by atoms with Crippen LogP contribution in [0.1, 0.15) is 26.3 Å². The Kier molecular flexibility index (Phi) is 6.37. The summed E-state index contributed by atoms with van der Waals surface area (Å²) in [5.74, 6) is -0.504. The number of hydrogen-bond acceptors (Lipinski definition) is 4. The van der Waals surface area contributed by atoms with E-state index in [4.69, 9.17) is 0 Å². The van der Waals surface area contributed by atoms with Gasteiger partial charge in [0.25, 0.3) is 0 Å². The molecule has 1 aromatic rings. The Hall–Kier alpha value is -1.88. The molecule has 5 heteroatoms. The molecule has 0 radical (unpaired) electrons. The molecule has 2 atom stereocenters. The van der Waals surface area contributed by atoms with Crippen LogP contribution in [0.5, 0.6) is 0 Å². The summed E-state index contributed by atoms with van der Waals surface area (Å²) >= 11 is 0. The second kappa shape index (κ2) is 7.78. The van der Waals surface area contributed by atoms with E-state index in [1.807, 2.05) is 45.0 Å². The van der Waals surface area contributed by atoms with Gasteiger partial charge in [-0.05, 0) is 31.9 Å². The van der Waals surface area contributed by atoms with E-state index in [1.165, 1.54) is 7.11 Å². The first-order chi connectivity index (χ1) is 9.85. The van der Waals surface area contributed by atoms with E-state index in [1.54, 1.807) is 6.92 Å². The predicted molar refractivity (Wildman–Crippen MR) is 83.0 cm³/mol. The Balaban J connectivity index is 2.73. The summed E-state index contributed by atoms with van der Waals surface area (Å²) < 4.78 is 4.67. The summed E-state index contributed by atoms with van der Waals surface area (Å²) in [5, 5.41) is 5.87. The number of carbonyl (C=O) groups is 2. The molecule has 1 rings (SSSR count). The lowest BCUT2D eigenvalue weighted by Crippen LogP contribution is -2.50. The molecule has 0 saturated carbocycles. The predicted octanol–water partition coefficient (Wildman–Crippen LogP) is 2.11. The van der Waals surface area contributed by atoms with Crippen LogP contribution in [0.4, 0.5) is 5.69 Å². The fourth-order valence-corrected chi connectivity index (χ4v) is 1.94. The molecular formula is C16H24N2O3. The van der Waals surface area contributed by atoms with Gasteiger partial charge in [0, 0.05) is 5.69 Å². The number of ether oxygens (including phenoxy) is 1. The summed E-state index contributed by atoms with van der Waals surface area (Å²) in [6, 6.07) is 6.57. The van der Waals surface area contributed by atoms with Crippen LogP contribution < -0.4 is 10.6 Å². The number of esters is 1.